The summed E-state index contributed by atoms with van der Waals surface area (Å²) in [5, 5.41) is 3.00. The van der Waals surface area contributed by atoms with Crippen LogP contribution in [0.25, 0.3) is 0 Å². The van der Waals surface area contributed by atoms with E-state index >= 15 is 0 Å². The summed E-state index contributed by atoms with van der Waals surface area (Å²) in [6.45, 7) is 6.13. The van der Waals surface area contributed by atoms with Crippen molar-refractivity contribution in [1.82, 2.24) is 5.32 Å². The fourth-order valence-corrected chi connectivity index (χ4v) is 2.07. The zero-order valence-electron chi connectivity index (χ0n) is 10.0. The molecule has 1 atom stereocenters. The summed E-state index contributed by atoms with van der Waals surface area (Å²) in [4.78, 5) is 12.0. The molecule has 1 N–H and O–H groups in total. The number of aryl methyl sites for hydroxylation is 1. The van der Waals surface area contributed by atoms with E-state index in [0.717, 1.165) is 22.9 Å². The molecule has 0 bridgehead atoms. The van der Waals surface area contributed by atoms with Crippen molar-refractivity contribution >= 4 is 21.8 Å². The molecular weight excluding hydrogens is 266 g/mol. The monoisotopic (exact) mass is 283 g/mol. The first-order valence-electron chi connectivity index (χ1n) is 5.62. The SMILES string of the molecule is CCCC(C)NC(=O)c1cccc(C)c1Br. The van der Waals surface area contributed by atoms with Gasteiger partial charge >= 0.3 is 0 Å². The Labute approximate surface area is 106 Å². The standard InChI is InChI=1S/C13H18BrNO/c1-4-6-10(3)15-13(16)11-8-5-7-9(2)12(11)14/h5,7-8,10H,4,6H2,1-3H3,(H,15,16). The van der Waals surface area contributed by atoms with Crippen LogP contribution in [0.2, 0.25) is 0 Å². The lowest BCUT2D eigenvalue weighted by molar-refractivity contribution is 0.0937. The van der Waals surface area contributed by atoms with E-state index in [1.807, 2.05) is 32.0 Å². The van der Waals surface area contributed by atoms with Gasteiger partial charge in [0.05, 0.1) is 5.56 Å². The summed E-state index contributed by atoms with van der Waals surface area (Å²) < 4.78 is 0.885. The van der Waals surface area contributed by atoms with E-state index < -0.39 is 0 Å². The molecule has 2 nitrogen and oxygen atoms in total. The van der Waals surface area contributed by atoms with Crippen molar-refractivity contribution < 1.29 is 4.79 Å². The molecule has 0 fully saturated rings. The van der Waals surface area contributed by atoms with E-state index in [4.69, 9.17) is 0 Å². The Morgan fingerprint density at radius 3 is 2.81 bits per heavy atom. The molecule has 3 heteroatoms. The van der Waals surface area contributed by atoms with E-state index in [0.29, 0.717) is 5.56 Å². The highest BCUT2D eigenvalue weighted by Crippen LogP contribution is 2.21. The molecule has 1 amide bonds. The van der Waals surface area contributed by atoms with Gasteiger partial charge in [0.15, 0.2) is 0 Å². The van der Waals surface area contributed by atoms with Crippen LogP contribution in [0.4, 0.5) is 0 Å². The lowest BCUT2D eigenvalue weighted by Crippen LogP contribution is -2.32. The van der Waals surface area contributed by atoms with Gasteiger partial charge in [-0.15, -0.1) is 0 Å². The van der Waals surface area contributed by atoms with Crippen LogP contribution < -0.4 is 5.32 Å². The summed E-state index contributed by atoms with van der Waals surface area (Å²) in [6, 6.07) is 5.95. The van der Waals surface area contributed by atoms with Gasteiger partial charge in [-0.2, -0.15) is 0 Å². The van der Waals surface area contributed by atoms with Crippen molar-refractivity contribution in [2.75, 3.05) is 0 Å². The highest BCUT2D eigenvalue weighted by Gasteiger charge is 2.12. The van der Waals surface area contributed by atoms with Crippen LogP contribution in [0.5, 0.6) is 0 Å². The molecule has 16 heavy (non-hydrogen) atoms. The Morgan fingerprint density at radius 1 is 1.50 bits per heavy atom. The van der Waals surface area contributed by atoms with Crippen LogP contribution >= 0.6 is 15.9 Å². The molecule has 0 saturated heterocycles. The molecule has 1 unspecified atom stereocenters. The molecular formula is C13H18BrNO. The molecule has 0 saturated carbocycles. The fourth-order valence-electron chi connectivity index (χ4n) is 1.63. The average Bonchev–Trinajstić information content (AvgIpc) is 2.22. The second-order valence-electron chi connectivity index (χ2n) is 4.10. The molecule has 0 aliphatic rings. The fraction of sp³-hybridized carbons (Fsp3) is 0.462. The Kier molecular flexibility index (Phi) is 5.00. The highest BCUT2D eigenvalue weighted by molar-refractivity contribution is 9.10. The number of halogens is 1. The van der Waals surface area contributed by atoms with Crippen molar-refractivity contribution in [3.63, 3.8) is 0 Å². The van der Waals surface area contributed by atoms with Gasteiger partial charge in [0.1, 0.15) is 0 Å². The molecule has 0 spiro atoms. The van der Waals surface area contributed by atoms with Crippen molar-refractivity contribution in [1.29, 1.82) is 0 Å². The maximum atomic E-state index is 12.0. The highest BCUT2D eigenvalue weighted by atomic mass is 79.9. The van der Waals surface area contributed by atoms with Gasteiger partial charge in [-0.3, -0.25) is 4.79 Å². The summed E-state index contributed by atoms with van der Waals surface area (Å²) >= 11 is 3.45. The van der Waals surface area contributed by atoms with Gasteiger partial charge in [0.2, 0.25) is 0 Å². The Hall–Kier alpha value is -0.830. The maximum Gasteiger partial charge on any atom is 0.252 e. The van der Waals surface area contributed by atoms with Gasteiger partial charge in [-0.25, -0.2) is 0 Å². The number of benzene rings is 1. The Balaban J connectivity index is 2.77. The molecule has 1 aromatic carbocycles. The second kappa shape index (κ2) is 6.04. The van der Waals surface area contributed by atoms with Crippen molar-refractivity contribution in [3.05, 3.63) is 33.8 Å². The predicted molar refractivity (Wildman–Crippen MR) is 70.7 cm³/mol. The number of carbonyl (C=O) groups is 1. The number of hydrogen-bond acceptors (Lipinski definition) is 1. The number of nitrogens with one attached hydrogen (secondary N) is 1. The first-order valence-corrected chi connectivity index (χ1v) is 6.41. The van der Waals surface area contributed by atoms with Crippen LogP contribution in [0, 0.1) is 6.92 Å². The van der Waals surface area contributed by atoms with E-state index in [1.54, 1.807) is 0 Å². The number of amides is 1. The third kappa shape index (κ3) is 3.34. The first kappa shape index (κ1) is 13.2. The number of rotatable bonds is 4. The van der Waals surface area contributed by atoms with E-state index in [2.05, 4.69) is 28.2 Å². The summed E-state index contributed by atoms with van der Waals surface area (Å²) in [6.07, 6.45) is 2.09. The smallest absolute Gasteiger partial charge is 0.252 e. The summed E-state index contributed by atoms with van der Waals surface area (Å²) in [5.74, 6) is -0.00322. The normalized spacial score (nSPS) is 12.2. The van der Waals surface area contributed by atoms with Gasteiger partial charge in [0, 0.05) is 10.5 Å². The van der Waals surface area contributed by atoms with Crippen LogP contribution in [-0.2, 0) is 0 Å². The lowest BCUT2D eigenvalue weighted by Gasteiger charge is -2.14. The molecule has 0 heterocycles. The molecule has 1 rings (SSSR count). The molecule has 88 valence electrons. The van der Waals surface area contributed by atoms with Gasteiger partial charge < -0.3 is 5.32 Å². The molecule has 0 aromatic heterocycles. The number of carbonyl (C=O) groups excluding carboxylic acids is 1. The van der Waals surface area contributed by atoms with E-state index in [1.165, 1.54) is 0 Å². The second-order valence-corrected chi connectivity index (χ2v) is 4.89. The van der Waals surface area contributed by atoms with Crippen LogP contribution in [0.3, 0.4) is 0 Å². The molecule has 0 aliphatic carbocycles. The lowest BCUT2D eigenvalue weighted by atomic mass is 10.1. The van der Waals surface area contributed by atoms with Gasteiger partial charge in [-0.05, 0) is 47.8 Å². The van der Waals surface area contributed by atoms with Crippen molar-refractivity contribution in [2.45, 2.75) is 39.7 Å². The Bertz CT molecular complexity index is 376. The van der Waals surface area contributed by atoms with Crippen molar-refractivity contribution in [3.8, 4) is 0 Å². The van der Waals surface area contributed by atoms with Crippen molar-refractivity contribution in [2.24, 2.45) is 0 Å². The minimum Gasteiger partial charge on any atom is -0.350 e. The van der Waals surface area contributed by atoms with E-state index in [-0.39, 0.29) is 11.9 Å². The maximum absolute atomic E-state index is 12.0. The van der Waals surface area contributed by atoms with E-state index in [9.17, 15) is 4.79 Å². The Morgan fingerprint density at radius 2 is 2.19 bits per heavy atom. The summed E-state index contributed by atoms with van der Waals surface area (Å²) in [7, 11) is 0. The topological polar surface area (TPSA) is 29.1 Å². The minimum atomic E-state index is -0.00322. The van der Waals surface area contributed by atoms with Gasteiger partial charge in [0.25, 0.3) is 5.91 Å². The molecule has 0 radical (unpaired) electrons. The quantitative estimate of drug-likeness (QED) is 0.898. The third-order valence-corrected chi connectivity index (χ3v) is 3.59. The van der Waals surface area contributed by atoms with Crippen LogP contribution in [-0.4, -0.2) is 11.9 Å². The minimum absolute atomic E-state index is 0.00322. The van der Waals surface area contributed by atoms with Crippen LogP contribution in [0.1, 0.15) is 42.6 Å². The largest absolute Gasteiger partial charge is 0.350 e. The zero-order valence-corrected chi connectivity index (χ0v) is 11.6. The first-order chi connectivity index (χ1) is 7.56. The number of hydrogen-bond donors (Lipinski definition) is 1. The zero-order chi connectivity index (χ0) is 12.1. The third-order valence-electron chi connectivity index (χ3n) is 2.54. The van der Waals surface area contributed by atoms with Gasteiger partial charge in [-0.1, -0.05) is 25.5 Å². The average molecular weight is 284 g/mol. The predicted octanol–water partition coefficient (Wildman–Crippen LogP) is 3.68. The summed E-state index contributed by atoms with van der Waals surface area (Å²) in [5.41, 5.74) is 1.79. The van der Waals surface area contributed by atoms with Crippen LogP contribution in [0.15, 0.2) is 22.7 Å². The molecule has 0 aliphatic heterocycles. The molecule has 1 aromatic rings.